The van der Waals surface area contributed by atoms with Crippen LogP contribution in [0.5, 0.6) is 0 Å². The highest BCUT2D eigenvalue weighted by atomic mass is 32.2. The molecule has 0 saturated carbocycles. The topological polar surface area (TPSA) is 27.0 Å². The maximum absolute atomic E-state index is 8.43. The number of nitriles is 1. The van der Waals surface area contributed by atoms with E-state index in [1.807, 2.05) is 0 Å². The van der Waals surface area contributed by atoms with E-state index in [4.69, 9.17) is 5.26 Å². The number of thioether (sulfide) groups is 1. The lowest BCUT2D eigenvalue weighted by molar-refractivity contribution is 0.263. The number of unbranched alkanes of at least 4 members (excludes halogenated alkanes) is 1. The fourth-order valence-corrected chi connectivity index (χ4v) is 2.71. The van der Waals surface area contributed by atoms with Gasteiger partial charge in [-0.05, 0) is 24.6 Å². The predicted molar refractivity (Wildman–Crippen MR) is 57.8 cm³/mol. The first-order valence-corrected chi connectivity index (χ1v) is 6.15. The summed E-state index contributed by atoms with van der Waals surface area (Å²) in [5.74, 6) is 3.38. The van der Waals surface area contributed by atoms with E-state index < -0.39 is 0 Å². The number of nitrogens with zero attached hydrogens (tertiary/aromatic N) is 2. The van der Waals surface area contributed by atoms with E-state index in [1.165, 1.54) is 24.6 Å². The Bertz CT molecular complexity index is 176. The van der Waals surface area contributed by atoms with Crippen molar-refractivity contribution in [2.24, 2.45) is 5.92 Å². The van der Waals surface area contributed by atoms with Gasteiger partial charge in [0.2, 0.25) is 0 Å². The van der Waals surface area contributed by atoms with Crippen LogP contribution < -0.4 is 0 Å². The third-order valence-electron chi connectivity index (χ3n) is 2.29. The lowest BCUT2D eigenvalue weighted by atomic mass is 10.2. The molecule has 0 amide bonds. The fourth-order valence-electron chi connectivity index (χ4n) is 1.65. The Morgan fingerprint density at radius 3 is 3.23 bits per heavy atom. The van der Waals surface area contributed by atoms with Gasteiger partial charge >= 0.3 is 0 Å². The SMILES string of the molecule is CC1CSCCN(CCCC#N)C1. The monoisotopic (exact) mass is 198 g/mol. The molecule has 0 radical (unpaired) electrons. The van der Waals surface area contributed by atoms with Crippen molar-refractivity contribution in [1.82, 2.24) is 4.90 Å². The first kappa shape index (κ1) is 10.9. The van der Waals surface area contributed by atoms with Crippen molar-refractivity contribution < 1.29 is 0 Å². The molecule has 1 heterocycles. The zero-order valence-electron chi connectivity index (χ0n) is 8.33. The second kappa shape index (κ2) is 6.28. The van der Waals surface area contributed by atoms with Crippen LogP contribution in [0.2, 0.25) is 0 Å². The van der Waals surface area contributed by atoms with Gasteiger partial charge in [-0.15, -0.1) is 0 Å². The molecule has 0 aliphatic carbocycles. The van der Waals surface area contributed by atoms with E-state index >= 15 is 0 Å². The van der Waals surface area contributed by atoms with Crippen LogP contribution in [0.3, 0.4) is 0 Å². The smallest absolute Gasteiger partial charge is 0.0622 e. The van der Waals surface area contributed by atoms with E-state index in [0.29, 0.717) is 6.42 Å². The van der Waals surface area contributed by atoms with Crippen molar-refractivity contribution in [3.63, 3.8) is 0 Å². The molecule has 0 aromatic rings. The second-order valence-corrected chi connectivity index (χ2v) is 4.89. The first-order chi connectivity index (χ1) is 6.33. The van der Waals surface area contributed by atoms with Gasteiger partial charge in [-0.25, -0.2) is 0 Å². The molecule has 1 aliphatic rings. The molecule has 1 aliphatic heterocycles. The highest BCUT2D eigenvalue weighted by molar-refractivity contribution is 7.99. The van der Waals surface area contributed by atoms with Crippen molar-refractivity contribution in [2.45, 2.75) is 19.8 Å². The summed E-state index contributed by atoms with van der Waals surface area (Å²) in [5, 5.41) is 8.43. The molecule has 3 heteroatoms. The van der Waals surface area contributed by atoms with Gasteiger partial charge in [0.25, 0.3) is 0 Å². The van der Waals surface area contributed by atoms with Gasteiger partial charge in [-0.2, -0.15) is 17.0 Å². The molecule has 0 bridgehead atoms. The highest BCUT2D eigenvalue weighted by Gasteiger charge is 2.13. The van der Waals surface area contributed by atoms with Gasteiger partial charge in [0, 0.05) is 25.3 Å². The van der Waals surface area contributed by atoms with Crippen LogP contribution in [0, 0.1) is 17.2 Å². The summed E-state index contributed by atoms with van der Waals surface area (Å²) in [6.45, 7) is 5.85. The Labute approximate surface area is 85.3 Å². The Kier molecular flexibility index (Phi) is 5.26. The van der Waals surface area contributed by atoms with Crippen molar-refractivity contribution in [1.29, 1.82) is 5.26 Å². The van der Waals surface area contributed by atoms with E-state index in [-0.39, 0.29) is 0 Å². The van der Waals surface area contributed by atoms with Crippen molar-refractivity contribution in [2.75, 3.05) is 31.1 Å². The molecule has 1 rings (SSSR count). The summed E-state index contributed by atoms with van der Waals surface area (Å²) in [6, 6.07) is 2.20. The quantitative estimate of drug-likeness (QED) is 0.649. The van der Waals surface area contributed by atoms with Crippen LogP contribution in [0.4, 0.5) is 0 Å². The Morgan fingerprint density at radius 2 is 2.46 bits per heavy atom. The standard InChI is InChI=1S/C10H18N2S/c1-10-8-12(5-3-2-4-11)6-7-13-9-10/h10H,2-3,5-9H2,1H3. The van der Waals surface area contributed by atoms with Crippen molar-refractivity contribution in [3.05, 3.63) is 0 Å². The summed E-state index contributed by atoms with van der Waals surface area (Å²) in [7, 11) is 0. The molecule has 1 fully saturated rings. The van der Waals surface area contributed by atoms with Crippen molar-refractivity contribution in [3.8, 4) is 6.07 Å². The van der Waals surface area contributed by atoms with Gasteiger partial charge in [0.1, 0.15) is 0 Å². The summed E-state index contributed by atoms with van der Waals surface area (Å²) >= 11 is 2.06. The molecule has 0 aromatic heterocycles. The zero-order chi connectivity index (χ0) is 9.52. The minimum absolute atomic E-state index is 0.706. The lowest BCUT2D eigenvalue weighted by Crippen LogP contribution is -2.30. The zero-order valence-corrected chi connectivity index (χ0v) is 9.15. The molecular formula is C10H18N2S. The average Bonchev–Trinajstić information content (AvgIpc) is 2.31. The maximum atomic E-state index is 8.43. The minimum atomic E-state index is 0.706. The molecule has 13 heavy (non-hydrogen) atoms. The summed E-state index contributed by atoms with van der Waals surface area (Å²) < 4.78 is 0. The molecule has 2 nitrogen and oxygen atoms in total. The molecule has 1 unspecified atom stereocenters. The van der Waals surface area contributed by atoms with E-state index in [0.717, 1.165) is 18.9 Å². The molecule has 0 aromatic carbocycles. The van der Waals surface area contributed by atoms with E-state index in [1.54, 1.807) is 0 Å². The second-order valence-electron chi connectivity index (χ2n) is 3.74. The number of rotatable bonds is 3. The fraction of sp³-hybridized carbons (Fsp3) is 0.900. The first-order valence-electron chi connectivity index (χ1n) is 5.00. The summed E-state index contributed by atoms with van der Waals surface area (Å²) in [6.07, 6.45) is 1.74. The van der Waals surface area contributed by atoms with Crippen molar-refractivity contribution >= 4 is 11.8 Å². The Hall–Kier alpha value is -0.200. The third-order valence-corrected chi connectivity index (χ3v) is 3.56. The number of hydrogen-bond donors (Lipinski definition) is 0. The summed E-state index contributed by atoms with van der Waals surface area (Å²) in [5.41, 5.74) is 0. The van der Waals surface area contributed by atoms with Gasteiger partial charge < -0.3 is 4.90 Å². The van der Waals surface area contributed by atoms with Crippen LogP contribution in [-0.4, -0.2) is 36.0 Å². The van der Waals surface area contributed by atoms with E-state index in [9.17, 15) is 0 Å². The molecule has 0 N–H and O–H groups in total. The van der Waals surface area contributed by atoms with Crippen LogP contribution in [-0.2, 0) is 0 Å². The largest absolute Gasteiger partial charge is 0.302 e. The molecule has 74 valence electrons. The van der Waals surface area contributed by atoms with Crippen LogP contribution in [0.1, 0.15) is 19.8 Å². The number of hydrogen-bond acceptors (Lipinski definition) is 3. The Morgan fingerprint density at radius 1 is 1.62 bits per heavy atom. The van der Waals surface area contributed by atoms with Crippen LogP contribution in [0.25, 0.3) is 0 Å². The maximum Gasteiger partial charge on any atom is 0.0622 e. The third kappa shape index (κ3) is 4.54. The molecule has 1 saturated heterocycles. The normalized spacial score (nSPS) is 25.1. The predicted octanol–water partition coefficient (Wildman–Crippen LogP) is 1.98. The van der Waals surface area contributed by atoms with Crippen LogP contribution in [0.15, 0.2) is 0 Å². The van der Waals surface area contributed by atoms with Gasteiger partial charge in [-0.3, -0.25) is 0 Å². The van der Waals surface area contributed by atoms with Crippen LogP contribution >= 0.6 is 11.8 Å². The molecule has 1 atom stereocenters. The lowest BCUT2D eigenvalue weighted by Gasteiger charge is -2.21. The van der Waals surface area contributed by atoms with Gasteiger partial charge in [0.05, 0.1) is 6.07 Å². The molecule has 0 spiro atoms. The van der Waals surface area contributed by atoms with Gasteiger partial charge in [-0.1, -0.05) is 6.92 Å². The van der Waals surface area contributed by atoms with E-state index in [2.05, 4.69) is 29.7 Å². The highest BCUT2D eigenvalue weighted by Crippen LogP contribution is 2.15. The molecular weight excluding hydrogens is 180 g/mol. The minimum Gasteiger partial charge on any atom is -0.302 e. The van der Waals surface area contributed by atoms with Gasteiger partial charge in [0.15, 0.2) is 0 Å². The average molecular weight is 198 g/mol. The Balaban J connectivity index is 2.19. The summed E-state index contributed by atoms with van der Waals surface area (Å²) in [4.78, 5) is 2.50.